The predicted molar refractivity (Wildman–Crippen MR) is 72.7 cm³/mol. The third-order valence-corrected chi connectivity index (χ3v) is 3.83. The standard InChI is InChI=1S/C13H22F3N5/c1-3-5-17-6-4-10(2)20-7-8-21-11(9-20)18-19-12(21)13(14,15)16/h10,17H,3-9H2,1-2H3. The molecule has 0 saturated carbocycles. The van der Waals surface area contributed by atoms with Gasteiger partial charge in [0, 0.05) is 19.1 Å². The van der Waals surface area contributed by atoms with Gasteiger partial charge in [0.15, 0.2) is 0 Å². The highest BCUT2D eigenvalue weighted by molar-refractivity contribution is 5.02. The molecule has 0 spiro atoms. The molecule has 1 aromatic rings. The summed E-state index contributed by atoms with van der Waals surface area (Å²) in [6, 6.07) is 0.314. The summed E-state index contributed by atoms with van der Waals surface area (Å²) in [4.78, 5) is 2.16. The first-order chi connectivity index (χ1) is 9.93. The number of halogens is 3. The highest BCUT2D eigenvalue weighted by atomic mass is 19.4. The maximum atomic E-state index is 12.8. The normalized spacial score (nSPS) is 17.8. The van der Waals surface area contributed by atoms with Gasteiger partial charge in [-0.1, -0.05) is 6.92 Å². The van der Waals surface area contributed by atoms with E-state index in [1.807, 2.05) is 0 Å². The van der Waals surface area contributed by atoms with Crippen LogP contribution in [-0.4, -0.2) is 45.3 Å². The summed E-state index contributed by atoms with van der Waals surface area (Å²) in [7, 11) is 0. The molecule has 1 N–H and O–H groups in total. The quantitative estimate of drug-likeness (QED) is 0.815. The largest absolute Gasteiger partial charge is 0.451 e. The number of alkyl halides is 3. The molecule has 5 nitrogen and oxygen atoms in total. The summed E-state index contributed by atoms with van der Waals surface area (Å²) in [5.74, 6) is -0.476. The maximum Gasteiger partial charge on any atom is 0.451 e. The Bertz CT molecular complexity index is 457. The molecule has 120 valence electrons. The monoisotopic (exact) mass is 305 g/mol. The molecule has 2 heterocycles. The summed E-state index contributed by atoms with van der Waals surface area (Å²) >= 11 is 0. The first-order valence-electron chi connectivity index (χ1n) is 7.37. The molecule has 0 saturated heterocycles. The minimum atomic E-state index is -4.43. The van der Waals surface area contributed by atoms with Gasteiger partial charge in [0.25, 0.3) is 0 Å². The molecule has 1 aromatic heterocycles. The highest BCUT2D eigenvalue weighted by Gasteiger charge is 2.39. The summed E-state index contributed by atoms with van der Waals surface area (Å²) in [6.45, 7) is 7.46. The molecule has 0 bridgehead atoms. The Balaban J connectivity index is 1.92. The lowest BCUT2D eigenvalue weighted by Crippen LogP contribution is -2.41. The van der Waals surface area contributed by atoms with Crippen LogP contribution in [0.15, 0.2) is 0 Å². The number of rotatable bonds is 6. The third kappa shape index (κ3) is 3.94. The van der Waals surface area contributed by atoms with E-state index >= 15 is 0 Å². The molecule has 0 fully saturated rings. The molecule has 21 heavy (non-hydrogen) atoms. The number of hydrogen-bond donors (Lipinski definition) is 1. The molecular weight excluding hydrogens is 283 g/mol. The Kier molecular flexibility index (Phi) is 5.21. The topological polar surface area (TPSA) is 46.0 Å². The molecule has 1 atom stereocenters. The highest BCUT2D eigenvalue weighted by Crippen LogP contribution is 2.29. The number of nitrogens with one attached hydrogen (secondary N) is 1. The van der Waals surface area contributed by atoms with E-state index in [0.717, 1.165) is 25.9 Å². The molecule has 8 heteroatoms. The Labute approximate surface area is 122 Å². The van der Waals surface area contributed by atoms with Crippen molar-refractivity contribution in [1.29, 1.82) is 0 Å². The average molecular weight is 305 g/mol. The fourth-order valence-electron chi connectivity index (χ4n) is 2.56. The molecular formula is C13H22F3N5. The van der Waals surface area contributed by atoms with Gasteiger partial charge < -0.3 is 9.88 Å². The smallest absolute Gasteiger partial charge is 0.317 e. The minimum Gasteiger partial charge on any atom is -0.317 e. The van der Waals surface area contributed by atoms with E-state index in [0.29, 0.717) is 31.5 Å². The van der Waals surface area contributed by atoms with Crippen molar-refractivity contribution in [1.82, 2.24) is 25.0 Å². The first kappa shape index (κ1) is 16.2. The van der Waals surface area contributed by atoms with E-state index < -0.39 is 12.0 Å². The van der Waals surface area contributed by atoms with Crippen molar-refractivity contribution in [3.05, 3.63) is 11.6 Å². The Morgan fingerprint density at radius 3 is 2.67 bits per heavy atom. The number of hydrogen-bond acceptors (Lipinski definition) is 4. The summed E-state index contributed by atoms with van der Waals surface area (Å²) in [6.07, 6.45) is -2.36. The molecule has 1 aliphatic rings. The van der Waals surface area contributed by atoms with Crippen molar-refractivity contribution in [3.63, 3.8) is 0 Å². The third-order valence-electron chi connectivity index (χ3n) is 3.83. The van der Waals surface area contributed by atoms with Gasteiger partial charge in [-0.25, -0.2) is 0 Å². The molecule has 0 aliphatic carbocycles. The summed E-state index contributed by atoms with van der Waals surface area (Å²) < 4.78 is 39.5. The second-order valence-electron chi connectivity index (χ2n) is 5.45. The van der Waals surface area contributed by atoms with Crippen molar-refractivity contribution >= 4 is 0 Å². The van der Waals surface area contributed by atoms with Gasteiger partial charge in [-0.2, -0.15) is 13.2 Å². The molecule has 0 amide bonds. The lowest BCUT2D eigenvalue weighted by atomic mass is 10.1. The van der Waals surface area contributed by atoms with Crippen LogP contribution in [-0.2, 0) is 19.3 Å². The summed E-state index contributed by atoms with van der Waals surface area (Å²) in [5.41, 5.74) is 0. The Morgan fingerprint density at radius 1 is 1.24 bits per heavy atom. The van der Waals surface area contributed by atoms with Crippen LogP contribution in [0.5, 0.6) is 0 Å². The molecule has 1 aliphatic heterocycles. The van der Waals surface area contributed by atoms with Crippen LogP contribution < -0.4 is 5.32 Å². The molecule has 0 aromatic carbocycles. The van der Waals surface area contributed by atoms with Gasteiger partial charge in [-0.05, 0) is 32.9 Å². The van der Waals surface area contributed by atoms with Crippen molar-refractivity contribution < 1.29 is 13.2 Å². The van der Waals surface area contributed by atoms with E-state index in [4.69, 9.17) is 0 Å². The predicted octanol–water partition coefficient (Wildman–Crippen LogP) is 1.89. The van der Waals surface area contributed by atoms with Gasteiger partial charge in [0.1, 0.15) is 5.82 Å². The van der Waals surface area contributed by atoms with Crippen molar-refractivity contribution in [2.24, 2.45) is 0 Å². The van der Waals surface area contributed by atoms with Gasteiger partial charge in [0.2, 0.25) is 5.82 Å². The number of nitrogens with zero attached hydrogens (tertiary/aromatic N) is 4. The van der Waals surface area contributed by atoms with E-state index in [-0.39, 0.29) is 0 Å². The van der Waals surface area contributed by atoms with Crippen LogP contribution in [0, 0.1) is 0 Å². The number of fused-ring (bicyclic) bond motifs is 1. The zero-order valence-electron chi connectivity index (χ0n) is 12.4. The second kappa shape index (κ2) is 6.74. The van der Waals surface area contributed by atoms with Crippen LogP contribution in [0.3, 0.4) is 0 Å². The number of aromatic nitrogens is 3. The van der Waals surface area contributed by atoms with E-state index in [1.54, 1.807) is 0 Å². The Hall–Kier alpha value is -1.15. The molecule has 2 rings (SSSR count). The second-order valence-corrected chi connectivity index (χ2v) is 5.45. The van der Waals surface area contributed by atoms with Gasteiger partial charge in [-0.15, -0.1) is 10.2 Å². The van der Waals surface area contributed by atoms with Crippen LogP contribution in [0.4, 0.5) is 13.2 Å². The van der Waals surface area contributed by atoms with Gasteiger partial charge in [0.05, 0.1) is 6.54 Å². The van der Waals surface area contributed by atoms with Crippen LogP contribution in [0.25, 0.3) is 0 Å². The lowest BCUT2D eigenvalue weighted by molar-refractivity contribution is -0.148. The van der Waals surface area contributed by atoms with Crippen molar-refractivity contribution in [2.45, 2.75) is 52.0 Å². The SMILES string of the molecule is CCCNCCC(C)N1CCn2c(nnc2C(F)(F)F)C1. The van der Waals surface area contributed by atoms with E-state index in [2.05, 4.69) is 34.3 Å². The fourth-order valence-corrected chi connectivity index (χ4v) is 2.56. The zero-order valence-corrected chi connectivity index (χ0v) is 12.4. The van der Waals surface area contributed by atoms with Gasteiger partial charge in [-0.3, -0.25) is 4.90 Å². The fraction of sp³-hybridized carbons (Fsp3) is 0.846. The lowest BCUT2D eigenvalue weighted by Gasteiger charge is -2.33. The average Bonchev–Trinajstić information content (AvgIpc) is 2.86. The zero-order chi connectivity index (χ0) is 15.5. The first-order valence-corrected chi connectivity index (χ1v) is 7.37. The molecule has 0 radical (unpaired) electrons. The van der Waals surface area contributed by atoms with Crippen molar-refractivity contribution in [3.8, 4) is 0 Å². The van der Waals surface area contributed by atoms with Gasteiger partial charge >= 0.3 is 6.18 Å². The van der Waals surface area contributed by atoms with E-state index in [9.17, 15) is 13.2 Å². The molecule has 1 unspecified atom stereocenters. The maximum absolute atomic E-state index is 12.8. The van der Waals surface area contributed by atoms with Crippen LogP contribution in [0.2, 0.25) is 0 Å². The summed E-state index contributed by atoms with van der Waals surface area (Å²) in [5, 5.41) is 10.3. The van der Waals surface area contributed by atoms with E-state index in [1.165, 1.54) is 4.57 Å². The van der Waals surface area contributed by atoms with Crippen molar-refractivity contribution in [2.75, 3.05) is 19.6 Å². The van der Waals surface area contributed by atoms with Crippen LogP contribution >= 0.6 is 0 Å². The van der Waals surface area contributed by atoms with Crippen LogP contribution in [0.1, 0.15) is 38.3 Å². The minimum absolute atomic E-state index is 0.296. The Morgan fingerprint density at radius 2 is 2.00 bits per heavy atom.